The molecule has 0 fully saturated rings. The topological polar surface area (TPSA) is 0 Å². The highest BCUT2D eigenvalue weighted by Gasteiger charge is 2.16. The molecule has 7 rings (SSSR count). The van der Waals surface area contributed by atoms with Crippen LogP contribution in [-0.4, -0.2) is 0 Å². The summed E-state index contributed by atoms with van der Waals surface area (Å²) in [4.78, 5) is 0. The zero-order valence-corrected chi connectivity index (χ0v) is 19.8. The van der Waals surface area contributed by atoms with Crippen molar-refractivity contribution >= 4 is 63.0 Å². The highest BCUT2D eigenvalue weighted by atomic mass is 32.1. The van der Waals surface area contributed by atoms with Crippen LogP contribution in [0.5, 0.6) is 0 Å². The largest absolute Gasteiger partial charge is 0.135 e. The van der Waals surface area contributed by atoms with Gasteiger partial charge < -0.3 is 0 Å². The van der Waals surface area contributed by atoms with E-state index in [-0.39, 0.29) is 0 Å². The summed E-state index contributed by atoms with van der Waals surface area (Å²) in [5, 5.41) is 5.45. The molecule has 7 aromatic rings. The molecule has 0 atom stereocenters. The monoisotopic (exact) mass is 456 g/mol. The van der Waals surface area contributed by atoms with Crippen LogP contribution in [0.2, 0.25) is 0 Å². The quantitative estimate of drug-likeness (QED) is 0.243. The van der Waals surface area contributed by atoms with Crippen LogP contribution in [0.1, 0.15) is 5.56 Å². The maximum Gasteiger partial charge on any atom is 0.0361 e. The van der Waals surface area contributed by atoms with Crippen LogP contribution in [0.3, 0.4) is 0 Å². The zero-order chi connectivity index (χ0) is 21.9. The van der Waals surface area contributed by atoms with Gasteiger partial charge in [0, 0.05) is 40.3 Å². The van der Waals surface area contributed by atoms with Crippen molar-refractivity contribution < 1.29 is 0 Å². The second-order valence-corrected chi connectivity index (χ2v) is 10.7. The van der Waals surface area contributed by atoms with Gasteiger partial charge >= 0.3 is 0 Å². The minimum absolute atomic E-state index is 1.32. The molecular weight excluding hydrogens is 436 g/mol. The van der Waals surface area contributed by atoms with E-state index in [0.717, 1.165) is 0 Å². The van der Waals surface area contributed by atoms with Gasteiger partial charge in [-0.15, -0.1) is 22.7 Å². The van der Waals surface area contributed by atoms with Crippen LogP contribution in [0.15, 0.2) is 103 Å². The predicted octanol–water partition coefficient (Wildman–Crippen LogP) is 10.1. The molecule has 2 heteroatoms. The molecule has 0 bridgehead atoms. The first-order valence-electron chi connectivity index (χ1n) is 11.2. The fourth-order valence-corrected chi connectivity index (χ4v) is 7.48. The lowest BCUT2D eigenvalue weighted by atomic mass is 9.89. The third-order valence-corrected chi connectivity index (χ3v) is 8.99. The van der Waals surface area contributed by atoms with E-state index < -0.39 is 0 Å². The number of rotatable bonds is 2. The minimum atomic E-state index is 1.32. The fraction of sp³-hybridized carbons (Fsp3) is 0.0323. The third kappa shape index (κ3) is 2.81. The summed E-state index contributed by atoms with van der Waals surface area (Å²) >= 11 is 3.77. The molecule has 0 amide bonds. The molecular formula is C31H20S2. The van der Waals surface area contributed by atoms with E-state index in [1.54, 1.807) is 0 Å². The molecule has 0 spiro atoms. The van der Waals surface area contributed by atoms with Crippen molar-refractivity contribution in [2.45, 2.75) is 6.92 Å². The average Bonchev–Trinajstić information content (AvgIpc) is 3.42. The number of hydrogen-bond donors (Lipinski definition) is 0. The van der Waals surface area contributed by atoms with Crippen molar-refractivity contribution in [2.24, 2.45) is 0 Å². The molecule has 0 aliphatic carbocycles. The first-order chi connectivity index (χ1) is 16.3. The maximum atomic E-state index is 2.29. The highest BCUT2D eigenvalue weighted by molar-refractivity contribution is 7.26. The predicted molar refractivity (Wildman–Crippen MR) is 148 cm³/mol. The van der Waals surface area contributed by atoms with Crippen LogP contribution in [0.25, 0.3) is 62.6 Å². The van der Waals surface area contributed by atoms with Gasteiger partial charge in [-0.2, -0.15) is 0 Å². The smallest absolute Gasteiger partial charge is 0.0361 e. The summed E-state index contributed by atoms with van der Waals surface area (Å²) in [6.07, 6.45) is 0. The molecule has 5 aromatic carbocycles. The Kier molecular flexibility index (Phi) is 4.20. The van der Waals surface area contributed by atoms with Gasteiger partial charge in [-0.05, 0) is 59.0 Å². The number of thiophene rings is 2. The van der Waals surface area contributed by atoms with E-state index in [0.29, 0.717) is 0 Å². The van der Waals surface area contributed by atoms with E-state index in [1.165, 1.54) is 68.2 Å². The van der Waals surface area contributed by atoms with Crippen molar-refractivity contribution in [3.05, 3.63) is 109 Å². The summed E-state index contributed by atoms with van der Waals surface area (Å²) in [6, 6.07) is 37.8. The van der Waals surface area contributed by atoms with E-state index in [9.17, 15) is 0 Å². The molecule has 0 N–H and O–H groups in total. The molecule has 0 nitrogen and oxygen atoms in total. The lowest BCUT2D eigenvalue weighted by Gasteiger charge is -2.14. The number of hydrogen-bond acceptors (Lipinski definition) is 2. The number of benzene rings is 5. The SMILES string of the molecule is Cc1c(-c2cccc3sc4ccccc4c23)cccc1-c1cccc2sc3ccccc3c12. The molecule has 2 aromatic heterocycles. The molecule has 0 unspecified atom stereocenters. The van der Waals surface area contributed by atoms with Gasteiger partial charge in [0.2, 0.25) is 0 Å². The Morgan fingerprint density at radius 1 is 0.394 bits per heavy atom. The van der Waals surface area contributed by atoms with E-state index >= 15 is 0 Å². The lowest BCUT2D eigenvalue weighted by molar-refractivity contribution is 1.46. The summed E-state index contributed by atoms with van der Waals surface area (Å²) < 4.78 is 5.40. The minimum Gasteiger partial charge on any atom is -0.135 e. The van der Waals surface area contributed by atoms with Gasteiger partial charge in [0.05, 0.1) is 0 Å². The molecule has 2 heterocycles. The molecule has 0 radical (unpaired) electrons. The van der Waals surface area contributed by atoms with Gasteiger partial charge in [0.15, 0.2) is 0 Å². The summed E-state index contributed by atoms with van der Waals surface area (Å²) in [5.41, 5.74) is 6.62. The van der Waals surface area contributed by atoms with Gasteiger partial charge in [-0.3, -0.25) is 0 Å². The van der Waals surface area contributed by atoms with Gasteiger partial charge in [0.1, 0.15) is 0 Å². The molecule has 0 saturated carbocycles. The van der Waals surface area contributed by atoms with Crippen LogP contribution >= 0.6 is 22.7 Å². The standard InChI is InChI=1S/C31H20S2/c1-19-20(22-13-7-17-28-30(22)24-9-2-4-15-26(24)32-28)11-6-12-21(19)23-14-8-18-29-31(23)25-10-3-5-16-27(25)33-29/h2-18H,1H3. The van der Waals surface area contributed by atoms with Gasteiger partial charge in [-0.25, -0.2) is 0 Å². The second-order valence-electron chi connectivity index (χ2n) is 8.53. The first-order valence-corrected chi connectivity index (χ1v) is 12.8. The molecule has 156 valence electrons. The molecule has 0 aliphatic rings. The van der Waals surface area contributed by atoms with Gasteiger partial charge in [-0.1, -0.05) is 78.9 Å². The Morgan fingerprint density at radius 3 is 1.30 bits per heavy atom. The van der Waals surface area contributed by atoms with Gasteiger partial charge in [0.25, 0.3) is 0 Å². The first kappa shape index (κ1) is 19.0. The third-order valence-electron chi connectivity index (χ3n) is 6.72. The summed E-state index contributed by atoms with van der Waals surface area (Å²) in [5.74, 6) is 0. The zero-order valence-electron chi connectivity index (χ0n) is 18.1. The van der Waals surface area contributed by atoms with Crippen molar-refractivity contribution in [1.29, 1.82) is 0 Å². The molecule has 0 aliphatic heterocycles. The van der Waals surface area contributed by atoms with Crippen molar-refractivity contribution in [2.75, 3.05) is 0 Å². The van der Waals surface area contributed by atoms with Crippen LogP contribution in [0.4, 0.5) is 0 Å². The Balaban J connectivity index is 1.53. The Hall–Kier alpha value is -3.46. The van der Waals surface area contributed by atoms with Crippen molar-refractivity contribution in [3.8, 4) is 22.3 Å². The van der Waals surface area contributed by atoms with E-state index in [2.05, 4.69) is 110 Å². The fourth-order valence-electron chi connectivity index (χ4n) is 5.22. The second kappa shape index (κ2) is 7.28. The van der Waals surface area contributed by atoms with Crippen LogP contribution in [0, 0.1) is 6.92 Å². The Labute approximate surface area is 200 Å². The summed E-state index contributed by atoms with van der Waals surface area (Å²) in [6.45, 7) is 2.28. The number of fused-ring (bicyclic) bond motifs is 6. The lowest BCUT2D eigenvalue weighted by Crippen LogP contribution is -1.90. The van der Waals surface area contributed by atoms with E-state index in [1.807, 2.05) is 22.7 Å². The Morgan fingerprint density at radius 2 is 0.788 bits per heavy atom. The maximum absolute atomic E-state index is 2.29. The Bertz CT molecular complexity index is 1700. The van der Waals surface area contributed by atoms with Crippen LogP contribution < -0.4 is 0 Å². The van der Waals surface area contributed by atoms with Crippen molar-refractivity contribution in [3.63, 3.8) is 0 Å². The summed E-state index contributed by atoms with van der Waals surface area (Å²) in [7, 11) is 0. The molecule has 33 heavy (non-hydrogen) atoms. The highest BCUT2D eigenvalue weighted by Crippen LogP contribution is 2.44. The van der Waals surface area contributed by atoms with Crippen LogP contribution in [-0.2, 0) is 0 Å². The molecule has 0 saturated heterocycles. The normalized spacial score (nSPS) is 11.8. The van der Waals surface area contributed by atoms with Crippen molar-refractivity contribution in [1.82, 2.24) is 0 Å². The average molecular weight is 457 g/mol. The van der Waals surface area contributed by atoms with E-state index in [4.69, 9.17) is 0 Å².